The standard InChI is InChI=1S/C13H16N6O2S/c14-11-16-12(18-4-6-21-7-5-18)17-19(11)13(22)15-9-2-1-3-10(20)8-9/h1-3,8,20H,4-7H2,(H,15,22)(H2,14,16,17). The van der Waals surface area contributed by atoms with Gasteiger partial charge in [0, 0.05) is 24.8 Å². The third kappa shape index (κ3) is 3.10. The Hall–Kier alpha value is -2.39. The summed E-state index contributed by atoms with van der Waals surface area (Å²) in [6.07, 6.45) is 0. The van der Waals surface area contributed by atoms with Crippen LogP contribution in [-0.4, -0.2) is 51.3 Å². The van der Waals surface area contributed by atoms with Crippen LogP contribution in [0, 0.1) is 0 Å². The van der Waals surface area contributed by atoms with E-state index < -0.39 is 0 Å². The smallest absolute Gasteiger partial charge is 0.247 e. The number of nitrogens with zero attached hydrogens (tertiary/aromatic N) is 4. The van der Waals surface area contributed by atoms with Crippen LogP contribution in [0.1, 0.15) is 0 Å². The predicted octanol–water partition coefficient (Wildman–Crippen LogP) is 0.648. The average Bonchev–Trinajstić information content (AvgIpc) is 2.90. The molecule has 1 fully saturated rings. The van der Waals surface area contributed by atoms with Crippen molar-refractivity contribution in [3.8, 4) is 5.75 Å². The first-order valence-electron chi connectivity index (χ1n) is 6.79. The van der Waals surface area contributed by atoms with E-state index in [9.17, 15) is 5.11 Å². The van der Waals surface area contributed by atoms with Crippen molar-refractivity contribution in [3.05, 3.63) is 24.3 Å². The number of nitrogens with one attached hydrogen (secondary N) is 1. The molecular weight excluding hydrogens is 304 g/mol. The molecule has 0 atom stereocenters. The summed E-state index contributed by atoms with van der Waals surface area (Å²) in [6.45, 7) is 2.72. The number of thiocarbonyl (C=S) groups is 1. The van der Waals surface area contributed by atoms with Gasteiger partial charge in [-0.3, -0.25) is 0 Å². The number of nitrogen functional groups attached to an aromatic ring is 1. The SMILES string of the molecule is Nc1nc(N2CCOCC2)nn1C(=S)Nc1cccc(O)c1. The van der Waals surface area contributed by atoms with Gasteiger partial charge in [0.1, 0.15) is 5.75 Å². The second-order valence-corrected chi connectivity index (χ2v) is 5.15. The minimum atomic E-state index is 0.147. The molecule has 4 N–H and O–H groups in total. The number of hydrogen-bond acceptors (Lipinski definition) is 7. The summed E-state index contributed by atoms with van der Waals surface area (Å²) < 4.78 is 6.66. The molecule has 0 unspecified atom stereocenters. The van der Waals surface area contributed by atoms with Crippen LogP contribution in [0.15, 0.2) is 24.3 Å². The monoisotopic (exact) mass is 320 g/mol. The predicted molar refractivity (Wildman–Crippen MR) is 87.2 cm³/mol. The van der Waals surface area contributed by atoms with Crippen LogP contribution in [0.4, 0.5) is 17.6 Å². The lowest BCUT2D eigenvalue weighted by Gasteiger charge is -2.25. The van der Waals surface area contributed by atoms with Crippen molar-refractivity contribution in [3.63, 3.8) is 0 Å². The van der Waals surface area contributed by atoms with Crippen molar-refractivity contribution in [2.45, 2.75) is 0 Å². The zero-order chi connectivity index (χ0) is 15.5. The maximum atomic E-state index is 9.46. The minimum Gasteiger partial charge on any atom is -0.508 e. The third-order valence-corrected chi connectivity index (χ3v) is 3.48. The Balaban J connectivity index is 1.76. The molecule has 1 aliphatic heterocycles. The van der Waals surface area contributed by atoms with Crippen molar-refractivity contribution in [1.82, 2.24) is 14.8 Å². The molecule has 0 amide bonds. The summed E-state index contributed by atoms with van der Waals surface area (Å²) in [7, 11) is 0. The van der Waals surface area contributed by atoms with E-state index in [0.29, 0.717) is 24.8 Å². The first-order valence-corrected chi connectivity index (χ1v) is 7.20. The van der Waals surface area contributed by atoms with Gasteiger partial charge >= 0.3 is 0 Å². The van der Waals surface area contributed by atoms with E-state index in [1.54, 1.807) is 24.3 Å². The maximum absolute atomic E-state index is 9.46. The molecule has 2 heterocycles. The summed E-state index contributed by atoms with van der Waals surface area (Å²) in [5.41, 5.74) is 6.53. The third-order valence-electron chi connectivity index (χ3n) is 3.20. The lowest BCUT2D eigenvalue weighted by molar-refractivity contribution is 0.122. The number of phenols is 1. The Bertz CT molecular complexity index is 683. The summed E-state index contributed by atoms with van der Waals surface area (Å²) in [5, 5.41) is 17.1. The second kappa shape index (κ2) is 6.16. The molecule has 1 aromatic heterocycles. The molecule has 9 heteroatoms. The maximum Gasteiger partial charge on any atom is 0.247 e. The van der Waals surface area contributed by atoms with Crippen molar-refractivity contribution >= 4 is 34.9 Å². The number of anilines is 3. The summed E-state index contributed by atoms with van der Waals surface area (Å²) in [4.78, 5) is 6.23. The molecule has 1 saturated heterocycles. The second-order valence-electron chi connectivity index (χ2n) is 4.76. The molecule has 0 saturated carbocycles. The van der Waals surface area contributed by atoms with E-state index in [0.717, 1.165) is 13.1 Å². The number of ether oxygens (including phenoxy) is 1. The van der Waals surface area contributed by atoms with E-state index in [1.165, 1.54) is 4.68 Å². The molecular formula is C13H16N6O2S. The molecule has 3 rings (SSSR count). The summed E-state index contributed by atoms with van der Waals surface area (Å²) in [5.74, 6) is 0.883. The fourth-order valence-corrected chi connectivity index (χ4v) is 2.37. The topological polar surface area (TPSA) is 101 Å². The number of hydrogen-bond donors (Lipinski definition) is 3. The lowest BCUT2D eigenvalue weighted by Crippen LogP contribution is -2.37. The van der Waals surface area contributed by atoms with Gasteiger partial charge in [-0.2, -0.15) is 9.67 Å². The fourth-order valence-electron chi connectivity index (χ4n) is 2.12. The van der Waals surface area contributed by atoms with E-state index >= 15 is 0 Å². The first kappa shape index (κ1) is 14.5. The van der Waals surface area contributed by atoms with Crippen LogP contribution < -0.4 is 16.0 Å². The molecule has 0 radical (unpaired) electrons. The van der Waals surface area contributed by atoms with Gasteiger partial charge in [-0.25, -0.2) is 0 Å². The highest BCUT2D eigenvalue weighted by Gasteiger charge is 2.18. The summed E-state index contributed by atoms with van der Waals surface area (Å²) >= 11 is 5.29. The normalized spacial score (nSPS) is 14.8. The van der Waals surface area contributed by atoms with Crippen LogP contribution in [0.5, 0.6) is 5.75 Å². The van der Waals surface area contributed by atoms with E-state index in [-0.39, 0.29) is 16.8 Å². The van der Waals surface area contributed by atoms with Gasteiger partial charge in [-0.15, -0.1) is 5.10 Å². The van der Waals surface area contributed by atoms with Crippen LogP contribution in [0.2, 0.25) is 0 Å². The Morgan fingerprint density at radius 2 is 2.14 bits per heavy atom. The van der Waals surface area contributed by atoms with Gasteiger partial charge in [0.25, 0.3) is 0 Å². The van der Waals surface area contributed by atoms with Gasteiger partial charge in [-0.1, -0.05) is 6.07 Å². The zero-order valence-corrected chi connectivity index (χ0v) is 12.6. The minimum absolute atomic E-state index is 0.147. The van der Waals surface area contributed by atoms with Gasteiger partial charge < -0.3 is 25.8 Å². The first-order chi connectivity index (χ1) is 10.6. The lowest BCUT2D eigenvalue weighted by atomic mass is 10.3. The Morgan fingerprint density at radius 1 is 1.36 bits per heavy atom. The number of benzene rings is 1. The van der Waals surface area contributed by atoms with Gasteiger partial charge in [0.05, 0.1) is 13.2 Å². The average molecular weight is 320 g/mol. The number of nitrogens with two attached hydrogens (primary N) is 1. The number of aromatic hydroxyl groups is 1. The van der Waals surface area contributed by atoms with E-state index in [2.05, 4.69) is 15.4 Å². The Labute approximate surface area is 132 Å². The van der Waals surface area contributed by atoms with Gasteiger partial charge in [0.15, 0.2) is 0 Å². The quantitative estimate of drug-likeness (QED) is 0.693. The van der Waals surface area contributed by atoms with Crippen molar-refractivity contribution in [2.75, 3.05) is 42.3 Å². The molecule has 1 aliphatic rings. The number of aromatic nitrogens is 3. The van der Waals surface area contributed by atoms with Crippen molar-refractivity contribution in [1.29, 1.82) is 0 Å². The molecule has 0 bridgehead atoms. The van der Waals surface area contributed by atoms with Crippen LogP contribution >= 0.6 is 12.2 Å². The van der Waals surface area contributed by atoms with Crippen molar-refractivity contribution in [2.24, 2.45) is 0 Å². The number of morpholine rings is 1. The highest BCUT2D eigenvalue weighted by molar-refractivity contribution is 7.80. The zero-order valence-electron chi connectivity index (χ0n) is 11.8. The molecule has 2 aromatic rings. The Kier molecular flexibility index (Phi) is 4.07. The molecule has 1 aromatic carbocycles. The van der Waals surface area contributed by atoms with Crippen LogP contribution in [0.3, 0.4) is 0 Å². The molecule has 116 valence electrons. The van der Waals surface area contributed by atoms with Crippen LogP contribution in [0.25, 0.3) is 0 Å². The highest BCUT2D eigenvalue weighted by atomic mass is 32.1. The van der Waals surface area contributed by atoms with Crippen LogP contribution in [-0.2, 0) is 4.74 Å². The molecule has 0 aliphatic carbocycles. The van der Waals surface area contributed by atoms with E-state index in [1.807, 2.05) is 4.90 Å². The van der Waals surface area contributed by atoms with E-state index in [4.69, 9.17) is 22.7 Å². The van der Waals surface area contributed by atoms with Crippen molar-refractivity contribution < 1.29 is 9.84 Å². The number of rotatable bonds is 2. The largest absolute Gasteiger partial charge is 0.508 e. The fraction of sp³-hybridized carbons (Fsp3) is 0.308. The highest BCUT2D eigenvalue weighted by Crippen LogP contribution is 2.17. The Morgan fingerprint density at radius 3 is 2.86 bits per heavy atom. The van der Waals surface area contributed by atoms with Gasteiger partial charge in [0.2, 0.25) is 17.0 Å². The summed E-state index contributed by atoms with van der Waals surface area (Å²) in [6, 6.07) is 6.63. The molecule has 0 spiro atoms. The molecule has 8 nitrogen and oxygen atoms in total. The van der Waals surface area contributed by atoms with Gasteiger partial charge in [-0.05, 0) is 24.4 Å². The molecule has 22 heavy (non-hydrogen) atoms. The number of phenolic OH excluding ortho intramolecular Hbond substituents is 1.